The van der Waals surface area contributed by atoms with Crippen LogP contribution in [-0.2, 0) is 80.7 Å². The Bertz CT molecular complexity index is 2780. The molecule has 1 amide bonds. The fourth-order valence-corrected chi connectivity index (χ4v) is 16.7. The molecule has 0 aliphatic carbocycles. The van der Waals surface area contributed by atoms with Crippen molar-refractivity contribution in [2.24, 2.45) is 88.8 Å². The molecule has 14 unspecified atom stereocenters. The Labute approximate surface area is 602 Å². The molecule has 0 spiro atoms. The SMILES string of the molecule is C=C(C)C(=C)CCCCC(=O)C1O[C@H]2O[C@@H]3C(C)O[C@H](O[C@@H]4C(C)O[C@@H](O[C@@H]5C(C(=O)CCCCC(=C)C(=C)C)O[C@@H](C[C@@H]6C(C)O[C@@H](O[C@@H]7C(C(=O)NCCOC(=C)C(=C)C)O[C@@H](O[C@@H]8C(C)O[C@@H](O[C@H]1[C@H](C)C2C)C(C)[C@H]8C)C(C)[C@H]7C)C(C)[C@H]6C)C(C)[C@H]5C)C(C)[C@H]4C)C(C)[C@H]3C. The van der Waals surface area contributed by atoms with Crippen LogP contribution < -0.4 is 5.32 Å². The number of ketones is 2. The van der Waals surface area contributed by atoms with Crippen LogP contribution in [0.4, 0.5) is 0 Å². The van der Waals surface area contributed by atoms with Crippen LogP contribution in [-0.4, -0.2) is 154 Å². The van der Waals surface area contributed by atoms with E-state index in [4.69, 9.17) is 66.3 Å². The van der Waals surface area contributed by atoms with Crippen LogP contribution >= 0.6 is 0 Å². The Balaban J connectivity index is 1.12. The maximum absolute atomic E-state index is 14.9. The summed E-state index contributed by atoms with van der Waals surface area (Å²) in [6.45, 7) is 68.9. The lowest BCUT2D eigenvalue weighted by Gasteiger charge is -2.52. The van der Waals surface area contributed by atoms with Crippen LogP contribution in [0.15, 0.2) is 73.1 Å². The van der Waals surface area contributed by atoms with E-state index < -0.39 is 105 Å². The summed E-state index contributed by atoms with van der Waals surface area (Å²) in [6, 6.07) is 0. The molecule has 100 heavy (non-hydrogen) atoms. The molecule has 21 saturated heterocycles. The average molecular weight is 1400 g/mol. The minimum atomic E-state index is -1.11. The summed E-state index contributed by atoms with van der Waals surface area (Å²) in [4.78, 5) is 44.6. The Kier molecular flexibility index (Phi) is 29.4. The number of nitrogens with one attached hydrogen (secondary N) is 1. The van der Waals surface area contributed by atoms with Gasteiger partial charge >= 0.3 is 0 Å². The first-order chi connectivity index (χ1) is 47.0. The first kappa shape index (κ1) is 82.2. The Morgan fingerprint density at radius 1 is 0.340 bits per heavy atom. The van der Waals surface area contributed by atoms with Gasteiger partial charge in [-0.2, -0.15) is 0 Å². The van der Waals surface area contributed by atoms with Crippen LogP contribution in [0.25, 0.3) is 0 Å². The summed E-state index contributed by atoms with van der Waals surface area (Å²) in [7, 11) is 0. The second-order valence-electron chi connectivity index (χ2n) is 32.8. The molecular weight excluding hydrogens is 1270 g/mol. The summed E-state index contributed by atoms with van der Waals surface area (Å²) >= 11 is 0. The molecule has 18 heteroatoms. The molecule has 0 aromatic heterocycles. The van der Waals surface area contributed by atoms with Crippen LogP contribution in [0.3, 0.4) is 0 Å². The van der Waals surface area contributed by atoms with Gasteiger partial charge in [-0.1, -0.05) is 159 Å². The van der Waals surface area contributed by atoms with Gasteiger partial charge in [0.25, 0.3) is 5.91 Å². The first-order valence-corrected chi connectivity index (χ1v) is 38.5. The molecule has 21 fully saturated rings. The van der Waals surface area contributed by atoms with E-state index in [2.05, 4.69) is 149 Å². The number of rotatable bonds is 20. The maximum Gasteiger partial charge on any atom is 0.252 e. The number of amides is 1. The number of unbranched alkanes of at least 4 members (excludes halogenated alkanes) is 2. The lowest BCUT2D eigenvalue weighted by molar-refractivity contribution is -0.362. The van der Waals surface area contributed by atoms with Gasteiger partial charge in [0.1, 0.15) is 24.6 Å². The topological polar surface area (TPSA) is 192 Å². The Hall–Kier alpha value is -3.47. The third-order valence-electron chi connectivity index (χ3n) is 25.7. The summed E-state index contributed by atoms with van der Waals surface area (Å²) in [5.41, 5.74) is 4.55. The van der Waals surface area contributed by atoms with Gasteiger partial charge in [0, 0.05) is 48.3 Å². The molecule has 21 aliphatic rings. The standard InChI is InChI=1S/C82H133NO17/c1-39(2)42(7)32-28-30-34-64(84)73-70-46(11)45(10)66(92-73)38-63-44(9)52(17)77(88-59(63)24)98-72-51(16)57(22)82(100-75(72)76(86)83-36-37-87-58(23)41(5)6)95-69-49(14)55(20)80(91-62(69)27)97-71-50(15)56(21)81(99-74(71)65(85)35-31-29-33-43(8)40(3)4)94-68-47(12)53(18)78(89-61(68)26)93-67-48(13)54(19)79(96-70)90-60(67)25/h44-57,59-63,66-75,77-82H,1,3,5,7-8,23,28-38H2,2,4,6,9-22,24-27H3,(H,83,86)/t44-,45?,46-,47-,48-,49-,50-,51-,52?,53?,54?,55?,56?,57?,59?,60?,61?,62?,63+,66+,67+,68+,69+,70+,71+,72+,73?,74?,75?,77+,78-,79+,80+,81-,82-/m1/s1. The molecule has 18 nitrogen and oxygen atoms in total. The van der Waals surface area contributed by atoms with Gasteiger partial charge in [0.05, 0.1) is 73.7 Å². The van der Waals surface area contributed by atoms with Crippen molar-refractivity contribution >= 4 is 17.5 Å². The molecule has 1 N–H and O–H groups in total. The van der Waals surface area contributed by atoms with E-state index in [1.165, 1.54) is 0 Å². The second kappa shape index (κ2) is 35.7. The molecular formula is C82H133NO17. The van der Waals surface area contributed by atoms with Crippen molar-refractivity contribution in [2.45, 2.75) is 326 Å². The molecule has 568 valence electrons. The number of Topliss-reactive ketones (excluding diaryl/α,β-unsaturated/α-hetero) is 2. The molecule has 0 aromatic carbocycles. The van der Waals surface area contributed by atoms with Crippen molar-refractivity contribution in [3.05, 3.63) is 73.1 Å². The van der Waals surface area contributed by atoms with Crippen molar-refractivity contribution in [3.63, 3.8) is 0 Å². The van der Waals surface area contributed by atoms with Crippen LogP contribution in [0.1, 0.15) is 203 Å². The van der Waals surface area contributed by atoms with E-state index in [1.54, 1.807) is 0 Å². The van der Waals surface area contributed by atoms with Gasteiger partial charge < -0.3 is 71.6 Å². The van der Waals surface area contributed by atoms with E-state index >= 15 is 0 Å². The normalized spacial score (nSPS) is 45.0. The fraction of sp³-hybridized carbons (Fsp3) is 0.817. The minimum Gasteiger partial charge on any atom is -0.492 e. The summed E-state index contributed by atoms with van der Waals surface area (Å²) in [5, 5.41) is 3.07. The van der Waals surface area contributed by atoms with Crippen LogP contribution in [0, 0.1) is 88.8 Å². The number of carbonyl (C=O) groups excluding carboxylic acids is 3. The van der Waals surface area contributed by atoms with E-state index in [0.717, 1.165) is 48.0 Å². The zero-order valence-electron chi connectivity index (χ0n) is 65.2. The third kappa shape index (κ3) is 18.8. The van der Waals surface area contributed by atoms with Gasteiger partial charge in [-0.3, -0.25) is 14.4 Å². The molecule has 21 aliphatic heterocycles. The van der Waals surface area contributed by atoms with Gasteiger partial charge in [-0.25, -0.2) is 0 Å². The van der Waals surface area contributed by atoms with E-state index in [0.29, 0.717) is 37.0 Å². The molecule has 14 bridgehead atoms. The van der Waals surface area contributed by atoms with E-state index in [1.807, 2.05) is 41.5 Å². The smallest absolute Gasteiger partial charge is 0.252 e. The molecule has 0 saturated carbocycles. The monoisotopic (exact) mass is 1400 g/mol. The summed E-state index contributed by atoms with van der Waals surface area (Å²) in [5.74, 6) is -1.75. The van der Waals surface area contributed by atoms with Crippen molar-refractivity contribution < 1.29 is 80.7 Å². The number of ether oxygens (including phenoxy) is 14. The Morgan fingerprint density at radius 3 is 1.04 bits per heavy atom. The van der Waals surface area contributed by atoms with Gasteiger partial charge in [0.15, 0.2) is 55.4 Å². The van der Waals surface area contributed by atoms with Crippen molar-refractivity contribution in [2.75, 3.05) is 13.2 Å². The van der Waals surface area contributed by atoms with Crippen molar-refractivity contribution in [1.29, 1.82) is 0 Å². The molecule has 0 radical (unpaired) electrons. The Morgan fingerprint density at radius 2 is 0.650 bits per heavy atom. The van der Waals surface area contributed by atoms with Crippen LogP contribution in [0.2, 0.25) is 0 Å². The largest absolute Gasteiger partial charge is 0.492 e. The maximum atomic E-state index is 14.9. The summed E-state index contributed by atoms with van der Waals surface area (Å²) < 4.78 is 97.8. The number of hydrogen-bond donors (Lipinski definition) is 1. The summed E-state index contributed by atoms with van der Waals surface area (Å²) in [6.07, 6.45) is -6.59. The van der Waals surface area contributed by atoms with Gasteiger partial charge in [0.2, 0.25) is 0 Å². The molecule has 21 heterocycles. The number of allylic oxidation sites excluding steroid dienone is 5. The zero-order chi connectivity index (χ0) is 73.8. The van der Waals surface area contributed by atoms with Crippen molar-refractivity contribution in [3.8, 4) is 0 Å². The van der Waals surface area contributed by atoms with Gasteiger partial charge in [-0.15, -0.1) is 0 Å². The highest BCUT2D eigenvalue weighted by Gasteiger charge is 2.57. The third-order valence-corrected chi connectivity index (χ3v) is 25.7. The van der Waals surface area contributed by atoms with E-state index in [-0.39, 0.29) is 144 Å². The molecule has 0 aromatic rings. The van der Waals surface area contributed by atoms with Crippen LogP contribution in [0.5, 0.6) is 0 Å². The fourth-order valence-electron chi connectivity index (χ4n) is 16.7. The predicted octanol–water partition coefficient (Wildman–Crippen LogP) is 15.2. The minimum absolute atomic E-state index is 0.00874. The number of carbonyl (C=O) groups is 3. The average Bonchev–Trinajstić information content (AvgIpc) is 0.770. The van der Waals surface area contributed by atoms with Crippen molar-refractivity contribution in [1.82, 2.24) is 5.32 Å². The molecule has 21 rings (SSSR count). The van der Waals surface area contributed by atoms with Gasteiger partial charge in [-0.05, 0) is 152 Å². The zero-order valence-corrected chi connectivity index (χ0v) is 65.2. The quantitative estimate of drug-likeness (QED) is 0.0687. The molecule has 35 atom stereocenters. The highest BCUT2D eigenvalue weighted by molar-refractivity contribution is 5.84. The van der Waals surface area contributed by atoms with E-state index in [9.17, 15) is 14.4 Å². The predicted molar refractivity (Wildman–Crippen MR) is 387 cm³/mol. The lowest BCUT2D eigenvalue weighted by Crippen LogP contribution is -2.61. The number of hydrogen-bond acceptors (Lipinski definition) is 17. The first-order valence-electron chi connectivity index (χ1n) is 38.5. The highest BCUT2D eigenvalue weighted by Crippen LogP contribution is 2.49. The lowest BCUT2D eigenvalue weighted by atomic mass is 9.71. The second-order valence-corrected chi connectivity index (χ2v) is 32.8. The highest BCUT2D eigenvalue weighted by atomic mass is 16.8.